The zero-order valence-corrected chi connectivity index (χ0v) is 11.3. The SMILES string of the molecule is CC(C)(Nc1ccccc1N)c1ccc(Cl)cc1. The van der Waals surface area contributed by atoms with E-state index in [0.717, 1.165) is 22.0 Å². The van der Waals surface area contributed by atoms with Gasteiger partial charge in [0.25, 0.3) is 0 Å². The second-order valence-electron chi connectivity index (χ2n) is 4.84. The Morgan fingerprint density at radius 1 is 1.00 bits per heavy atom. The average molecular weight is 261 g/mol. The van der Waals surface area contributed by atoms with Crippen molar-refractivity contribution in [2.24, 2.45) is 0 Å². The van der Waals surface area contributed by atoms with Gasteiger partial charge in [-0.25, -0.2) is 0 Å². The number of anilines is 2. The van der Waals surface area contributed by atoms with Crippen molar-refractivity contribution in [3.8, 4) is 0 Å². The number of benzene rings is 2. The van der Waals surface area contributed by atoms with Gasteiger partial charge >= 0.3 is 0 Å². The first-order valence-electron chi connectivity index (χ1n) is 5.88. The van der Waals surface area contributed by atoms with Crippen LogP contribution in [0.25, 0.3) is 0 Å². The van der Waals surface area contributed by atoms with Crippen molar-refractivity contribution < 1.29 is 0 Å². The third kappa shape index (κ3) is 2.77. The Balaban J connectivity index is 2.27. The lowest BCUT2D eigenvalue weighted by Gasteiger charge is -2.29. The molecule has 0 unspecified atom stereocenters. The molecule has 0 heterocycles. The maximum absolute atomic E-state index is 5.95. The minimum Gasteiger partial charge on any atom is -0.397 e. The molecule has 2 aromatic carbocycles. The van der Waals surface area contributed by atoms with E-state index in [0.29, 0.717) is 0 Å². The third-order valence-electron chi connectivity index (χ3n) is 2.97. The van der Waals surface area contributed by atoms with Gasteiger partial charge in [0, 0.05) is 5.02 Å². The molecule has 0 aromatic heterocycles. The molecule has 0 atom stereocenters. The molecule has 94 valence electrons. The summed E-state index contributed by atoms with van der Waals surface area (Å²) in [6.07, 6.45) is 0. The zero-order chi connectivity index (χ0) is 13.2. The van der Waals surface area contributed by atoms with E-state index in [-0.39, 0.29) is 5.54 Å². The highest BCUT2D eigenvalue weighted by Gasteiger charge is 2.20. The summed E-state index contributed by atoms with van der Waals surface area (Å²) < 4.78 is 0. The summed E-state index contributed by atoms with van der Waals surface area (Å²) in [5.74, 6) is 0. The summed E-state index contributed by atoms with van der Waals surface area (Å²) >= 11 is 5.91. The molecule has 0 aliphatic carbocycles. The van der Waals surface area contributed by atoms with Crippen LogP contribution in [-0.2, 0) is 5.54 Å². The molecule has 0 radical (unpaired) electrons. The molecule has 0 fully saturated rings. The molecule has 0 saturated heterocycles. The van der Waals surface area contributed by atoms with Crippen molar-refractivity contribution in [2.45, 2.75) is 19.4 Å². The van der Waals surface area contributed by atoms with Gasteiger partial charge in [0.15, 0.2) is 0 Å². The van der Waals surface area contributed by atoms with Crippen LogP contribution in [0, 0.1) is 0 Å². The first-order valence-corrected chi connectivity index (χ1v) is 6.25. The van der Waals surface area contributed by atoms with E-state index in [1.165, 1.54) is 0 Å². The first-order chi connectivity index (χ1) is 8.49. The molecular weight excluding hydrogens is 244 g/mol. The third-order valence-corrected chi connectivity index (χ3v) is 3.23. The number of hydrogen-bond acceptors (Lipinski definition) is 2. The minimum atomic E-state index is -0.208. The zero-order valence-electron chi connectivity index (χ0n) is 10.6. The summed E-state index contributed by atoms with van der Waals surface area (Å²) in [7, 11) is 0. The fraction of sp³-hybridized carbons (Fsp3) is 0.200. The number of nitrogen functional groups attached to an aromatic ring is 1. The molecule has 0 saturated carbocycles. The Kier molecular flexibility index (Phi) is 3.48. The molecule has 3 heteroatoms. The number of nitrogens with one attached hydrogen (secondary N) is 1. The van der Waals surface area contributed by atoms with E-state index in [2.05, 4.69) is 19.2 Å². The van der Waals surface area contributed by atoms with Gasteiger partial charge in [-0.05, 0) is 43.7 Å². The Bertz CT molecular complexity index is 532. The second-order valence-corrected chi connectivity index (χ2v) is 5.28. The normalized spacial score (nSPS) is 11.3. The van der Waals surface area contributed by atoms with Crippen LogP contribution in [0.15, 0.2) is 48.5 Å². The molecule has 0 aliphatic heterocycles. The predicted molar refractivity (Wildman–Crippen MR) is 79.0 cm³/mol. The largest absolute Gasteiger partial charge is 0.397 e. The molecule has 2 rings (SSSR count). The topological polar surface area (TPSA) is 38.0 Å². The van der Waals surface area contributed by atoms with Crippen LogP contribution in [0.1, 0.15) is 19.4 Å². The average Bonchev–Trinajstić information content (AvgIpc) is 2.32. The number of para-hydroxylation sites is 2. The summed E-state index contributed by atoms with van der Waals surface area (Å²) in [6.45, 7) is 4.23. The minimum absolute atomic E-state index is 0.208. The van der Waals surface area contributed by atoms with E-state index in [1.54, 1.807) is 0 Å². The highest BCUT2D eigenvalue weighted by molar-refractivity contribution is 6.30. The summed E-state index contributed by atoms with van der Waals surface area (Å²) in [5.41, 5.74) is 8.59. The van der Waals surface area contributed by atoms with Crippen LogP contribution >= 0.6 is 11.6 Å². The van der Waals surface area contributed by atoms with Crippen LogP contribution in [0.3, 0.4) is 0 Å². The van der Waals surface area contributed by atoms with Crippen LogP contribution in [-0.4, -0.2) is 0 Å². The van der Waals surface area contributed by atoms with Crippen molar-refractivity contribution in [3.05, 3.63) is 59.1 Å². The van der Waals surface area contributed by atoms with Gasteiger partial charge < -0.3 is 11.1 Å². The fourth-order valence-corrected chi connectivity index (χ4v) is 2.01. The lowest BCUT2D eigenvalue weighted by molar-refractivity contribution is 0.610. The fourth-order valence-electron chi connectivity index (χ4n) is 1.89. The second kappa shape index (κ2) is 4.91. The summed E-state index contributed by atoms with van der Waals surface area (Å²) in [6, 6.07) is 15.6. The Morgan fingerprint density at radius 3 is 2.22 bits per heavy atom. The maximum atomic E-state index is 5.95. The van der Waals surface area contributed by atoms with Crippen LogP contribution in [0.5, 0.6) is 0 Å². The van der Waals surface area contributed by atoms with Crippen molar-refractivity contribution in [1.29, 1.82) is 0 Å². The van der Waals surface area contributed by atoms with E-state index < -0.39 is 0 Å². The van der Waals surface area contributed by atoms with Crippen molar-refractivity contribution in [3.63, 3.8) is 0 Å². The highest BCUT2D eigenvalue weighted by Crippen LogP contribution is 2.29. The van der Waals surface area contributed by atoms with Crippen molar-refractivity contribution in [2.75, 3.05) is 11.1 Å². The number of hydrogen-bond donors (Lipinski definition) is 2. The van der Waals surface area contributed by atoms with E-state index in [9.17, 15) is 0 Å². The molecule has 0 bridgehead atoms. The Morgan fingerprint density at radius 2 is 1.61 bits per heavy atom. The molecule has 3 N–H and O–H groups in total. The van der Waals surface area contributed by atoms with Crippen molar-refractivity contribution >= 4 is 23.0 Å². The number of rotatable bonds is 3. The van der Waals surface area contributed by atoms with E-state index in [4.69, 9.17) is 17.3 Å². The Labute approximate surface area is 113 Å². The molecule has 0 aliphatic rings. The highest BCUT2D eigenvalue weighted by atomic mass is 35.5. The molecule has 2 nitrogen and oxygen atoms in total. The summed E-state index contributed by atoms with van der Waals surface area (Å²) in [5, 5.41) is 4.20. The monoisotopic (exact) mass is 260 g/mol. The molecule has 18 heavy (non-hydrogen) atoms. The van der Waals surface area contributed by atoms with Gasteiger partial charge in [0.05, 0.1) is 16.9 Å². The molecule has 0 spiro atoms. The predicted octanol–water partition coefficient (Wildman–Crippen LogP) is 4.27. The van der Waals surface area contributed by atoms with Gasteiger partial charge in [0.2, 0.25) is 0 Å². The maximum Gasteiger partial charge on any atom is 0.0580 e. The van der Waals surface area contributed by atoms with E-state index >= 15 is 0 Å². The quantitative estimate of drug-likeness (QED) is 0.809. The van der Waals surface area contributed by atoms with Gasteiger partial charge in [0.1, 0.15) is 0 Å². The van der Waals surface area contributed by atoms with Gasteiger partial charge in [-0.2, -0.15) is 0 Å². The first kappa shape index (κ1) is 12.8. The number of nitrogens with two attached hydrogens (primary N) is 1. The van der Waals surface area contributed by atoms with Crippen LogP contribution in [0.2, 0.25) is 5.02 Å². The lowest BCUT2D eigenvalue weighted by Crippen LogP contribution is -2.28. The van der Waals surface area contributed by atoms with E-state index in [1.807, 2.05) is 48.5 Å². The standard InChI is InChI=1S/C15H17ClN2/c1-15(2,11-7-9-12(16)10-8-11)18-14-6-4-3-5-13(14)17/h3-10,18H,17H2,1-2H3. The van der Waals surface area contributed by atoms with Crippen LogP contribution in [0.4, 0.5) is 11.4 Å². The van der Waals surface area contributed by atoms with Gasteiger partial charge in [-0.3, -0.25) is 0 Å². The number of halogens is 1. The molecule has 2 aromatic rings. The van der Waals surface area contributed by atoms with Gasteiger partial charge in [-0.1, -0.05) is 35.9 Å². The van der Waals surface area contributed by atoms with Crippen LogP contribution < -0.4 is 11.1 Å². The van der Waals surface area contributed by atoms with Gasteiger partial charge in [-0.15, -0.1) is 0 Å². The van der Waals surface area contributed by atoms with Crippen molar-refractivity contribution in [1.82, 2.24) is 0 Å². The smallest absolute Gasteiger partial charge is 0.0580 e. The molecular formula is C15H17ClN2. The lowest BCUT2D eigenvalue weighted by atomic mass is 9.94. The molecule has 0 amide bonds. The summed E-state index contributed by atoms with van der Waals surface area (Å²) in [4.78, 5) is 0. The Hall–Kier alpha value is -1.67.